The summed E-state index contributed by atoms with van der Waals surface area (Å²) < 4.78 is 39.5. The molecule has 0 aliphatic carbocycles. The largest absolute Gasteiger partial charge is 0.491 e. The van der Waals surface area contributed by atoms with Crippen molar-refractivity contribution in [2.45, 2.75) is 19.5 Å². The second-order valence-electron chi connectivity index (χ2n) is 7.59. The molecule has 0 fully saturated rings. The summed E-state index contributed by atoms with van der Waals surface area (Å²) in [6.07, 6.45) is 4.37. The van der Waals surface area contributed by atoms with Crippen molar-refractivity contribution in [2.75, 3.05) is 12.8 Å². The molecule has 0 spiro atoms. The van der Waals surface area contributed by atoms with Crippen molar-refractivity contribution in [2.24, 2.45) is 0 Å². The van der Waals surface area contributed by atoms with Crippen LogP contribution in [0.5, 0.6) is 5.75 Å². The molecule has 180 valence electrons. The Labute approximate surface area is 198 Å². The first-order valence-corrected chi connectivity index (χ1v) is 10.5. The zero-order valence-electron chi connectivity index (χ0n) is 18.6. The molecule has 1 amide bonds. The van der Waals surface area contributed by atoms with E-state index in [0.29, 0.717) is 12.3 Å². The number of carbonyl (C=O) groups is 1. The molecule has 0 aliphatic heterocycles. The summed E-state index contributed by atoms with van der Waals surface area (Å²) in [6, 6.07) is 9.87. The van der Waals surface area contributed by atoms with Gasteiger partial charge in [-0.1, -0.05) is 24.3 Å². The monoisotopic (exact) mass is 481 g/mol. The van der Waals surface area contributed by atoms with E-state index < -0.39 is 23.1 Å². The molecular weight excluding hydrogens is 460 g/mol. The van der Waals surface area contributed by atoms with Crippen molar-refractivity contribution in [3.8, 4) is 5.75 Å². The van der Waals surface area contributed by atoms with Crippen LogP contribution in [0.3, 0.4) is 0 Å². The van der Waals surface area contributed by atoms with E-state index in [2.05, 4.69) is 15.3 Å². The van der Waals surface area contributed by atoms with Crippen LogP contribution in [0.1, 0.15) is 33.3 Å². The van der Waals surface area contributed by atoms with E-state index in [1.165, 1.54) is 36.3 Å². The number of pyridine rings is 2. The molecule has 4 rings (SSSR count). The number of halogens is 2. The maximum absolute atomic E-state index is 14.3. The van der Waals surface area contributed by atoms with Crippen LogP contribution in [0.4, 0.5) is 14.5 Å². The Kier molecular flexibility index (Phi) is 6.86. The molecule has 4 aromatic rings. The quantitative estimate of drug-likeness (QED) is 0.396. The van der Waals surface area contributed by atoms with Crippen LogP contribution < -0.4 is 21.3 Å². The van der Waals surface area contributed by atoms with Crippen molar-refractivity contribution in [3.63, 3.8) is 0 Å². The molecule has 0 unspecified atom stereocenters. The fourth-order valence-corrected chi connectivity index (χ4v) is 3.37. The second kappa shape index (κ2) is 10.2. The van der Waals surface area contributed by atoms with Gasteiger partial charge in [-0.2, -0.15) is 0 Å². The van der Waals surface area contributed by atoms with Gasteiger partial charge < -0.3 is 24.8 Å². The second-order valence-corrected chi connectivity index (χ2v) is 7.59. The topological polar surface area (TPSA) is 125 Å². The molecule has 9 nitrogen and oxygen atoms in total. The number of methoxy groups -OCH3 is 1. The number of nitrogen functional groups attached to an aromatic ring is 1. The average molecular weight is 481 g/mol. The number of amides is 1. The van der Waals surface area contributed by atoms with E-state index in [1.807, 2.05) is 24.3 Å². The van der Waals surface area contributed by atoms with Gasteiger partial charge in [-0.25, -0.2) is 13.8 Å². The third kappa shape index (κ3) is 5.35. The summed E-state index contributed by atoms with van der Waals surface area (Å²) in [5, 5.41) is 2.52. The highest BCUT2D eigenvalue weighted by molar-refractivity contribution is 5.91. The Morgan fingerprint density at radius 2 is 1.89 bits per heavy atom. The third-order valence-electron chi connectivity index (χ3n) is 5.18. The summed E-state index contributed by atoms with van der Waals surface area (Å²) in [6.45, 7) is 0.0305. The molecule has 0 atom stereocenters. The van der Waals surface area contributed by atoms with Crippen LogP contribution in [0.2, 0.25) is 0 Å². The van der Waals surface area contributed by atoms with E-state index in [1.54, 1.807) is 0 Å². The highest BCUT2D eigenvalue weighted by atomic mass is 19.1. The minimum atomic E-state index is -0.803. The molecule has 11 heteroatoms. The van der Waals surface area contributed by atoms with Gasteiger partial charge in [0.25, 0.3) is 11.5 Å². The van der Waals surface area contributed by atoms with Crippen molar-refractivity contribution in [1.82, 2.24) is 19.9 Å². The van der Waals surface area contributed by atoms with Crippen LogP contribution in [0.25, 0.3) is 0 Å². The third-order valence-corrected chi connectivity index (χ3v) is 5.18. The Hall–Kier alpha value is -4.54. The van der Waals surface area contributed by atoms with Gasteiger partial charge in [0.1, 0.15) is 0 Å². The fraction of sp³-hybridized carbons (Fsp3) is 0.167. The number of anilines is 1. The molecule has 0 saturated carbocycles. The standard InChI is InChI=1S/C24H21F2N5O4/c1-34-22-17(27)10-28-18(21(22)26)11-30-23(32)19-12-29-20(35-19)9-14-4-6-15(7-5-14)13-31-8-2-3-16(25)24(31)33/h2-8,10,12H,9,11,13,27H2,1H3,(H,30,32). The maximum Gasteiger partial charge on any atom is 0.289 e. The van der Waals surface area contributed by atoms with Crippen LogP contribution in [-0.2, 0) is 19.5 Å². The number of nitrogens with zero attached hydrogens (tertiary/aromatic N) is 3. The first-order valence-electron chi connectivity index (χ1n) is 10.5. The van der Waals surface area contributed by atoms with Gasteiger partial charge in [0, 0.05) is 12.6 Å². The number of benzene rings is 1. The summed E-state index contributed by atoms with van der Waals surface area (Å²) in [5.74, 6) is -2.01. The number of oxazole rings is 1. The lowest BCUT2D eigenvalue weighted by Gasteiger charge is -2.09. The van der Waals surface area contributed by atoms with Gasteiger partial charge in [0.15, 0.2) is 23.3 Å². The number of ether oxygens (including phenoxy) is 1. The van der Waals surface area contributed by atoms with E-state index in [0.717, 1.165) is 17.2 Å². The molecule has 3 N–H and O–H groups in total. The van der Waals surface area contributed by atoms with Crippen molar-refractivity contribution >= 4 is 11.6 Å². The molecule has 35 heavy (non-hydrogen) atoms. The van der Waals surface area contributed by atoms with Gasteiger partial charge >= 0.3 is 0 Å². The minimum Gasteiger partial charge on any atom is -0.491 e. The first-order chi connectivity index (χ1) is 16.9. The van der Waals surface area contributed by atoms with Gasteiger partial charge in [-0.05, 0) is 23.3 Å². The zero-order chi connectivity index (χ0) is 24.9. The van der Waals surface area contributed by atoms with Crippen LogP contribution in [0, 0.1) is 11.6 Å². The van der Waals surface area contributed by atoms with Gasteiger partial charge in [0.2, 0.25) is 5.76 Å². The van der Waals surface area contributed by atoms with Crippen molar-refractivity contribution in [3.05, 3.63) is 105 Å². The average Bonchev–Trinajstić information content (AvgIpc) is 3.31. The molecule has 0 aliphatic rings. The lowest BCUT2D eigenvalue weighted by Crippen LogP contribution is -2.23. The van der Waals surface area contributed by atoms with E-state index in [9.17, 15) is 18.4 Å². The van der Waals surface area contributed by atoms with Gasteiger partial charge in [-0.15, -0.1) is 0 Å². The molecule has 3 aromatic heterocycles. The lowest BCUT2D eigenvalue weighted by atomic mass is 10.1. The number of nitrogens with two attached hydrogens (primary N) is 1. The van der Waals surface area contributed by atoms with Crippen LogP contribution in [0.15, 0.2) is 64.2 Å². The fourth-order valence-electron chi connectivity index (χ4n) is 3.37. The first kappa shape index (κ1) is 23.6. The SMILES string of the molecule is COc1c(N)cnc(CNC(=O)c2cnc(Cc3ccc(Cn4cccc(F)c4=O)cc3)o2)c1F. The minimum absolute atomic E-state index is 0.0371. The van der Waals surface area contributed by atoms with E-state index in [4.69, 9.17) is 14.9 Å². The number of carbonyl (C=O) groups excluding carboxylic acids is 1. The highest BCUT2D eigenvalue weighted by Crippen LogP contribution is 2.25. The van der Waals surface area contributed by atoms with Crippen LogP contribution >= 0.6 is 0 Å². The van der Waals surface area contributed by atoms with Crippen LogP contribution in [-0.4, -0.2) is 27.6 Å². The van der Waals surface area contributed by atoms with E-state index in [-0.39, 0.29) is 36.0 Å². The molecule has 0 radical (unpaired) electrons. The Balaban J connectivity index is 1.36. The number of rotatable bonds is 8. The normalized spacial score (nSPS) is 10.8. The summed E-state index contributed by atoms with van der Waals surface area (Å²) in [7, 11) is 1.28. The summed E-state index contributed by atoms with van der Waals surface area (Å²) >= 11 is 0. The molecule has 0 bridgehead atoms. The molecular formula is C24H21F2N5O4. The zero-order valence-corrected chi connectivity index (χ0v) is 18.6. The Bertz CT molecular complexity index is 1420. The number of nitrogens with one attached hydrogen (secondary N) is 1. The van der Waals surface area contributed by atoms with E-state index >= 15 is 0 Å². The van der Waals surface area contributed by atoms with Crippen molar-refractivity contribution in [1.29, 1.82) is 0 Å². The highest BCUT2D eigenvalue weighted by Gasteiger charge is 2.17. The molecule has 3 heterocycles. The van der Waals surface area contributed by atoms with Gasteiger partial charge in [0.05, 0.1) is 44.0 Å². The Morgan fingerprint density at radius 3 is 2.63 bits per heavy atom. The smallest absolute Gasteiger partial charge is 0.289 e. The number of hydrogen-bond acceptors (Lipinski definition) is 7. The lowest BCUT2D eigenvalue weighted by molar-refractivity contribution is 0.0920. The number of hydrogen-bond donors (Lipinski definition) is 2. The van der Waals surface area contributed by atoms with Gasteiger partial charge in [-0.3, -0.25) is 14.6 Å². The molecule has 1 aromatic carbocycles. The molecule has 0 saturated heterocycles. The summed E-state index contributed by atoms with van der Waals surface area (Å²) in [5.41, 5.74) is 6.60. The number of aromatic nitrogens is 3. The Morgan fingerprint density at radius 1 is 1.14 bits per heavy atom. The predicted molar refractivity (Wildman–Crippen MR) is 122 cm³/mol. The van der Waals surface area contributed by atoms with Crippen molar-refractivity contribution < 1.29 is 22.7 Å². The summed E-state index contributed by atoms with van der Waals surface area (Å²) in [4.78, 5) is 32.2. The predicted octanol–water partition coefficient (Wildman–Crippen LogP) is 2.67. The maximum atomic E-state index is 14.3.